The number of primary amides is 1. The zero-order valence-corrected chi connectivity index (χ0v) is 18.2. The van der Waals surface area contributed by atoms with Crippen LogP contribution >= 0.6 is 0 Å². The summed E-state index contributed by atoms with van der Waals surface area (Å²) in [5, 5.41) is 0. The van der Waals surface area contributed by atoms with Crippen molar-refractivity contribution >= 4 is 17.1 Å². The molecule has 1 amide bonds. The number of nitrogens with zero attached hydrogens (tertiary/aromatic N) is 4. The van der Waals surface area contributed by atoms with Crippen LogP contribution in [0.5, 0.6) is 17.2 Å². The molecule has 4 rings (SSSR count). The average molecular weight is 453 g/mol. The van der Waals surface area contributed by atoms with Crippen molar-refractivity contribution < 1.29 is 23.4 Å². The summed E-state index contributed by atoms with van der Waals surface area (Å²) >= 11 is 0. The molecule has 0 aliphatic rings. The Balaban J connectivity index is 2.08. The minimum absolute atomic E-state index is 0.0945. The molecular formula is C22H20FN5O5. The van der Waals surface area contributed by atoms with Gasteiger partial charge in [-0.15, -0.1) is 0 Å². The molecule has 11 heteroatoms. The molecule has 2 aromatic heterocycles. The van der Waals surface area contributed by atoms with Crippen molar-refractivity contribution in [2.24, 2.45) is 12.8 Å². The molecule has 0 aliphatic heterocycles. The van der Waals surface area contributed by atoms with Gasteiger partial charge in [-0.25, -0.2) is 23.7 Å². The number of aromatic nitrogens is 4. The Morgan fingerprint density at radius 2 is 1.61 bits per heavy atom. The predicted octanol–water partition coefficient (Wildman–Crippen LogP) is 2.05. The molecule has 2 heterocycles. The van der Waals surface area contributed by atoms with Crippen LogP contribution in [0.15, 0.2) is 41.2 Å². The molecule has 0 radical (unpaired) electrons. The third-order valence-corrected chi connectivity index (χ3v) is 5.13. The minimum atomic E-state index is -0.844. The van der Waals surface area contributed by atoms with Gasteiger partial charge in [0.25, 0.3) is 5.91 Å². The van der Waals surface area contributed by atoms with Crippen LogP contribution in [0.1, 0.15) is 10.5 Å². The summed E-state index contributed by atoms with van der Waals surface area (Å²) in [6, 6.07) is 8.52. The van der Waals surface area contributed by atoms with Crippen LogP contribution in [0.4, 0.5) is 4.39 Å². The number of hydrogen-bond acceptors (Lipinski definition) is 7. The first-order valence-electron chi connectivity index (χ1n) is 9.66. The fourth-order valence-corrected chi connectivity index (χ4v) is 3.58. The van der Waals surface area contributed by atoms with Crippen LogP contribution in [0, 0.1) is 5.82 Å². The molecule has 0 spiro atoms. The van der Waals surface area contributed by atoms with E-state index in [2.05, 4.69) is 9.97 Å². The summed E-state index contributed by atoms with van der Waals surface area (Å²) in [4.78, 5) is 34.2. The smallest absolute Gasteiger partial charge is 0.334 e. The normalized spacial score (nSPS) is 10.9. The molecular weight excluding hydrogens is 433 g/mol. The lowest BCUT2D eigenvalue weighted by Crippen LogP contribution is -2.21. The molecule has 0 atom stereocenters. The van der Waals surface area contributed by atoms with Gasteiger partial charge in [0, 0.05) is 12.6 Å². The van der Waals surface area contributed by atoms with Gasteiger partial charge < -0.3 is 19.9 Å². The quantitative estimate of drug-likeness (QED) is 0.474. The number of carbonyl (C=O) groups excluding carboxylic acids is 1. The van der Waals surface area contributed by atoms with Crippen LogP contribution in [0.25, 0.3) is 28.2 Å². The maximum atomic E-state index is 13.5. The van der Waals surface area contributed by atoms with Crippen molar-refractivity contribution in [1.82, 2.24) is 19.1 Å². The van der Waals surface area contributed by atoms with E-state index in [0.717, 1.165) is 0 Å². The summed E-state index contributed by atoms with van der Waals surface area (Å²) in [7, 11) is 5.87. The van der Waals surface area contributed by atoms with E-state index in [-0.39, 0.29) is 22.7 Å². The van der Waals surface area contributed by atoms with E-state index in [9.17, 15) is 14.0 Å². The Morgan fingerprint density at radius 1 is 1.00 bits per heavy atom. The fraction of sp³-hybridized carbons (Fsp3) is 0.182. The lowest BCUT2D eigenvalue weighted by Gasteiger charge is -2.14. The van der Waals surface area contributed by atoms with E-state index >= 15 is 0 Å². The number of ether oxygens (including phenoxy) is 3. The van der Waals surface area contributed by atoms with E-state index in [1.807, 2.05) is 0 Å². The van der Waals surface area contributed by atoms with Crippen LogP contribution in [-0.2, 0) is 7.05 Å². The van der Waals surface area contributed by atoms with Crippen LogP contribution < -0.4 is 25.6 Å². The number of fused-ring (bicyclic) bond motifs is 1. The number of hydrogen-bond donors (Lipinski definition) is 1. The van der Waals surface area contributed by atoms with E-state index in [1.165, 1.54) is 61.8 Å². The predicted molar refractivity (Wildman–Crippen MR) is 118 cm³/mol. The highest BCUT2D eigenvalue weighted by Gasteiger charge is 2.24. The highest BCUT2D eigenvalue weighted by Crippen LogP contribution is 2.40. The van der Waals surface area contributed by atoms with E-state index < -0.39 is 17.4 Å². The number of rotatable bonds is 6. The summed E-state index contributed by atoms with van der Waals surface area (Å²) in [5.74, 6) is -0.152. The van der Waals surface area contributed by atoms with Gasteiger partial charge in [0.05, 0.1) is 27.0 Å². The van der Waals surface area contributed by atoms with Gasteiger partial charge in [-0.1, -0.05) is 0 Å². The Kier molecular flexibility index (Phi) is 5.46. The molecule has 0 bridgehead atoms. The topological polar surface area (TPSA) is 123 Å². The lowest BCUT2D eigenvalue weighted by molar-refractivity contribution is 0.0997. The first-order valence-corrected chi connectivity index (χ1v) is 9.66. The summed E-state index contributed by atoms with van der Waals surface area (Å²) in [6.07, 6.45) is 0. The summed E-state index contributed by atoms with van der Waals surface area (Å²) in [6.45, 7) is 0. The van der Waals surface area contributed by atoms with Gasteiger partial charge >= 0.3 is 5.69 Å². The third kappa shape index (κ3) is 3.53. The molecule has 0 fully saturated rings. The van der Waals surface area contributed by atoms with Crippen molar-refractivity contribution in [3.05, 3.63) is 58.4 Å². The van der Waals surface area contributed by atoms with Crippen molar-refractivity contribution in [2.45, 2.75) is 0 Å². The van der Waals surface area contributed by atoms with Crippen molar-refractivity contribution in [2.75, 3.05) is 21.3 Å². The van der Waals surface area contributed by atoms with Gasteiger partial charge in [-0.3, -0.25) is 9.36 Å². The van der Waals surface area contributed by atoms with Gasteiger partial charge in [0.15, 0.2) is 28.7 Å². The van der Waals surface area contributed by atoms with Gasteiger partial charge in [-0.2, -0.15) is 0 Å². The van der Waals surface area contributed by atoms with Crippen molar-refractivity contribution in [3.63, 3.8) is 0 Å². The number of methoxy groups -OCH3 is 3. The second-order valence-electron chi connectivity index (χ2n) is 7.00. The number of aryl methyl sites for hydroxylation is 1. The molecule has 170 valence electrons. The highest BCUT2D eigenvalue weighted by atomic mass is 19.1. The molecule has 0 unspecified atom stereocenters. The van der Waals surface area contributed by atoms with Gasteiger partial charge in [-0.05, 0) is 36.4 Å². The SMILES string of the molecule is COc1cc(-c2nc(C(N)=O)c3c(n2)n(-c2ccc(F)cc2)c(=O)n3C)cc(OC)c1OC. The first kappa shape index (κ1) is 21.8. The van der Waals surface area contributed by atoms with Crippen molar-refractivity contribution in [3.8, 4) is 34.3 Å². The largest absolute Gasteiger partial charge is 0.493 e. The number of amides is 1. The monoisotopic (exact) mass is 453 g/mol. The molecule has 2 aromatic carbocycles. The maximum Gasteiger partial charge on any atom is 0.334 e. The van der Waals surface area contributed by atoms with Crippen LogP contribution in [-0.4, -0.2) is 46.3 Å². The highest BCUT2D eigenvalue weighted by molar-refractivity contribution is 6.02. The Hall–Kier alpha value is -4.41. The number of halogens is 1. The zero-order chi connectivity index (χ0) is 23.9. The zero-order valence-electron chi connectivity index (χ0n) is 18.2. The summed E-state index contributed by atoms with van der Waals surface area (Å²) < 4.78 is 32.1. The molecule has 0 saturated carbocycles. The Morgan fingerprint density at radius 3 is 2.12 bits per heavy atom. The fourth-order valence-electron chi connectivity index (χ4n) is 3.58. The Labute approximate surface area is 187 Å². The summed E-state index contributed by atoms with van der Waals surface area (Å²) in [5.41, 5.74) is 6.00. The van der Waals surface area contributed by atoms with E-state index in [1.54, 1.807) is 12.1 Å². The third-order valence-electron chi connectivity index (χ3n) is 5.13. The lowest BCUT2D eigenvalue weighted by atomic mass is 10.1. The molecule has 10 nitrogen and oxygen atoms in total. The second kappa shape index (κ2) is 8.26. The molecule has 2 N–H and O–H groups in total. The van der Waals surface area contributed by atoms with Crippen molar-refractivity contribution in [1.29, 1.82) is 0 Å². The first-order chi connectivity index (χ1) is 15.8. The van der Waals surface area contributed by atoms with Crippen LogP contribution in [0.3, 0.4) is 0 Å². The molecule has 0 aliphatic carbocycles. The average Bonchev–Trinajstić information content (AvgIpc) is 3.07. The van der Waals surface area contributed by atoms with Crippen LogP contribution in [0.2, 0.25) is 0 Å². The maximum absolute atomic E-state index is 13.5. The minimum Gasteiger partial charge on any atom is -0.493 e. The number of nitrogens with two attached hydrogens (primary N) is 1. The van der Waals surface area contributed by atoms with E-state index in [4.69, 9.17) is 19.9 Å². The molecule has 0 saturated heterocycles. The standard InChI is InChI=1S/C22H20FN5O5/c1-27-17-16(19(24)29)25-20(11-9-14(31-2)18(33-4)15(10-11)32-3)26-21(17)28(22(27)30)13-7-5-12(23)6-8-13/h5-10H,1-4H3,(H2,24,29). The molecule has 4 aromatic rings. The molecule has 33 heavy (non-hydrogen) atoms. The second-order valence-corrected chi connectivity index (χ2v) is 7.00. The van der Waals surface area contributed by atoms with E-state index in [0.29, 0.717) is 28.5 Å². The number of benzene rings is 2. The van der Waals surface area contributed by atoms with Gasteiger partial charge in [0.1, 0.15) is 11.3 Å². The number of imidazole rings is 1. The van der Waals surface area contributed by atoms with Gasteiger partial charge in [0.2, 0.25) is 5.75 Å². The Bertz CT molecular complexity index is 1420. The number of carbonyl (C=O) groups is 1.